The maximum absolute atomic E-state index is 9.77. The Morgan fingerprint density at radius 3 is 2.44 bits per heavy atom. The Balaban J connectivity index is 2.00. The van der Waals surface area contributed by atoms with Crippen molar-refractivity contribution in [1.82, 2.24) is 0 Å². The van der Waals surface area contributed by atoms with Gasteiger partial charge in [0.15, 0.2) is 0 Å². The van der Waals surface area contributed by atoms with Gasteiger partial charge in [-0.3, -0.25) is 0 Å². The lowest BCUT2D eigenvalue weighted by atomic mass is 9.72. The van der Waals surface area contributed by atoms with Crippen molar-refractivity contribution in [2.24, 2.45) is 0 Å². The summed E-state index contributed by atoms with van der Waals surface area (Å²) in [5.74, 6) is 0.698. The molecule has 1 N–H and O–H groups in total. The average Bonchev–Trinajstić information content (AvgIpc) is 2.47. The van der Waals surface area contributed by atoms with Gasteiger partial charge in [-0.2, -0.15) is 0 Å². The predicted octanol–water partition coefficient (Wildman–Crippen LogP) is 3.49. The Labute approximate surface area is 108 Å². The van der Waals surface area contributed by atoms with Crippen LogP contribution in [0.2, 0.25) is 0 Å². The summed E-state index contributed by atoms with van der Waals surface area (Å²) in [6.45, 7) is 0.233. The Hall–Kier alpha value is -1.60. The molecule has 3 rings (SSSR count). The summed E-state index contributed by atoms with van der Waals surface area (Å²) in [4.78, 5) is 0. The Morgan fingerprint density at radius 1 is 0.944 bits per heavy atom. The molecule has 1 heteroatoms. The zero-order chi connectivity index (χ0) is 12.4. The molecular formula is C17H18O. The van der Waals surface area contributed by atoms with E-state index in [0.717, 1.165) is 12.8 Å². The van der Waals surface area contributed by atoms with Crippen molar-refractivity contribution in [3.8, 4) is 0 Å². The fraction of sp³-hybridized carbons (Fsp3) is 0.294. The van der Waals surface area contributed by atoms with Crippen molar-refractivity contribution in [1.29, 1.82) is 0 Å². The second kappa shape index (κ2) is 4.95. The number of aliphatic hydroxyl groups excluding tert-OH is 1. The van der Waals surface area contributed by atoms with E-state index in [9.17, 15) is 5.11 Å². The Kier molecular flexibility index (Phi) is 3.16. The number of aliphatic hydroxyl groups is 1. The highest BCUT2D eigenvalue weighted by molar-refractivity contribution is 5.38. The second-order valence-electron chi connectivity index (χ2n) is 5.04. The molecular weight excluding hydrogens is 220 g/mol. The molecule has 0 unspecified atom stereocenters. The van der Waals surface area contributed by atoms with Crippen molar-refractivity contribution < 1.29 is 5.11 Å². The summed E-state index contributed by atoms with van der Waals surface area (Å²) in [5, 5.41) is 9.77. The van der Waals surface area contributed by atoms with E-state index in [4.69, 9.17) is 0 Å². The molecule has 0 amide bonds. The molecule has 0 radical (unpaired) electrons. The summed E-state index contributed by atoms with van der Waals surface area (Å²) in [6, 6.07) is 19.1. The van der Waals surface area contributed by atoms with Gasteiger partial charge in [0.25, 0.3) is 0 Å². The van der Waals surface area contributed by atoms with Crippen molar-refractivity contribution in [3.05, 3.63) is 71.3 Å². The molecule has 2 aromatic carbocycles. The zero-order valence-corrected chi connectivity index (χ0v) is 10.4. The van der Waals surface area contributed by atoms with Gasteiger partial charge in [-0.05, 0) is 35.4 Å². The molecule has 2 aromatic rings. The highest BCUT2D eigenvalue weighted by atomic mass is 16.3. The van der Waals surface area contributed by atoms with Gasteiger partial charge in [0.2, 0.25) is 0 Å². The van der Waals surface area contributed by atoms with Gasteiger partial charge in [-0.25, -0.2) is 0 Å². The van der Waals surface area contributed by atoms with E-state index in [1.54, 1.807) is 0 Å². The van der Waals surface area contributed by atoms with Crippen molar-refractivity contribution in [3.63, 3.8) is 0 Å². The lowest BCUT2D eigenvalue weighted by Crippen LogP contribution is -2.22. The van der Waals surface area contributed by atoms with Gasteiger partial charge < -0.3 is 5.11 Å². The number of aryl methyl sites for hydroxylation is 1. The van der Waals surface area contributed by atoms with E-state index < -0.39 is 0 Å². The molecule has 92 valence electrons. The summed E-state index contributed by atoms with van der Waals surface area (Å²) in [6.07, 6.45) is 2.25. The van der Waals surface area contributed by atoms with Crippen LogP contribution in [0.15, 0.2) is 54.6 Å². The lowest BCUT2D eigenvalue weighted by molar-refractivity contribution is 0.238. The molecule has 18 heavy (non-hydrogen) atoms. The maximum atomic E-state index is 9.77. The summed E-state index contributed by atoms with van der Waals surface area (Å²) in [7, 11) is 0. The first-order chi connectivity index (χ1) is 8.90. The normalized spacial score (nSPS) is 22.5. The first kappa shape index (κ1) is 11.5. The van der Waals surface area contributed by atoms with Crippen LogP contribution in [0.25, 0.3) is 0 Å². The van der Waals surface area contributed by atoms with E-state index in [1.807, 2.05) is 6.07 Å². The van der Waals surface area contributed by atoms with Gasteiger partial charge in [0.1, 0.15) is 0 Å². The molecule has 0 saturated carbocycles. The minimum Gasteiger partial charge on any atom is -0.396 e. The predicted molar refractivity (Wildman–Crippen MR) is 73.8 cm³/mol. The maximum Gasteiger partial charge on any atom is 0.0505 e. The van der Waals surface area contributed by atoms with Crippen LogP contribution in [0.4, 0.5) is 0 Å². The van der Waals surface area contributed by atoms with Gasteiger partial charge in [-0.1, -0.05) is 54.6 Å². The van der Waals surface area contributed by atoms with Gasteiger partial charge in [-0.15, -0.1) is 0 Å². The molecule has 0 aliphatic heterocycles. The molecule has 0 saturated heterocycles. The quantitative estimate of drug-likeness (QED) is 0.849. The van der Waals surface area contributed by atoms with Crippen LogP contribution in [-0.2, 0) is 6.42 Å². The number of benzene rings is 2. The molecule has 0 spiro atoms. The van der Waals surface area contributed by atoms with Crippen LogP contribution in [-0.4, -0.2) is 11.7 Å². The highest BCUT2D eigenvalue weighted by Crippen LogP contribution is 2.41. The third-order valence-electron chi connectivity index (χ3n) is 4.09. The van der Waals surface area contributed by atoms with E-state index in [1.165, 1.54) is 16.7 Å². The van der Waals surface area contributed by atoms with E-state index in [0.29, 0.717) is 5.92 Å². The summed E-state index contributed by atoms with van der Waals surface area (Å²) in [5.41, 5.74) is 4.09. The van der Waals surface area contributed by atoms with Crippen molar-refractivity contribution >= 4 is 0 Å². The smallest absolute Gasteiger partial charge is 0.0505 e. The third kappa shape index (κ3) is 1.95. The van der Waals surface area contributed by atoms with Crippen LogP contribution in [0.1, 0.15) is 34.9 Å². The average molecular weight is 238 g/mol. The fourth-order valence-corrected chi connectivity index (χ4v) is 3.18. The first-order valence-corrected chi connectivity index (χ1v) is 6.63. The molecule has 0 heterocycles. The largest absolute Gasteiger partial charge is 0.396 e. The number of fused-ring (bicyclic) bond motifs is 1. The number of hydrogen-bond acceptors (Lipinski definition) is 1. The molecule has 0 aromatic heterocycles. The molecule has 1 nitrogen and oxygen atoms in total. The van der Waals surface area contributed by atoms with Gasteiger partial charge >= 0.3 is 0 Å². The van der Waals surface area contributed by atoms with Gasteiger partial charge in [0.05, 0.1) is 6.61 Å². The zero-order valence-electron chi connectivity index (χ0n) is 10.4. The van der Waals surface area contributed by atoms with Gasteiger partial charge in [0, 0.05) is 5.92 Å². The monoisotopic (exact) mass is 238 g/mol. The fourth-order valence-electron chi connectivity index (χ4n) is 3.18. The third-order valence-corrected chi connectivity index (χ3v) is 4.09. The molecule has 2 atom stereocenters. The minimum atomic E-state index is 0.233. The highest BCUT2D eigenvalue weighted by Gasteiger charge is 2.29. The van der Waals surface area contributed by atoms with Crippen LogP contribution in [0.3, 0.4) is 0 Å². The summed E-state index contributed by atoms with van der Waals surface area (Å²) >= 11 is 0. The molecule has 1 aliphatic carbocycles. The molecule has 1 aliphatic rings. The van der Waals surface area contributed by atoms with Crippen LogP contribution in [0, 0.1) is 0 Å². The molecule has 0 fully saturated rings. The Morgan fingerprint density at radius 2 is 1.67 bits per heavy atom. The van der Waals surface area contributed by atoms with E-state index in [2.05, 4.69) is 48.5 Å². The lowest BCUT2D eigenvalue weighted by Gasteiger charge is -2.33. The standard InChI is InChI=1S/C17H18O/c18-12-17-15-9-5-4-8-14(15)10-11-16(17)13-6-2-1-3-7-13/h1-9,16-18H,10-12H2/t16-,17+/m1/s1. The van der Waals surface area contributed by atoms with Crippen molar-refractivity contribution in [2.75, 3.05) is 6.61 Å². The van der Waals surface area contributed by atoms with E-state index >= 15 is 0 Å². The van der Waals surface area contributed by atoms with E-state index in [-0.39, 0.29) is 12.5 Å². The first-order valence-electron chi connectivity index (χ1n) is 6.63. The Bertz CT molecular complexity index is 518. The number of hydrogen-bond donors (Lipinski definition) is 1. The second-order valence-corrected chi connectivity index (χ2v) is 5.04. The summed E-state index contributed by atoms with van der Waals surface area (Å²) < 4.78 is 0. The van der Waals surface area contributed by atoms with Crippen LogP contribution >= 0.6 is 0 Å². The molecule has 0 bridgehead atoms. The van der Waals surface area contributed by atoms with Crippen molar-refractivity contribution in [2.45, 2.75) is 24.7 Å². The number of rotatable bonds is 2. The van der Waals surface area contributed by atoms with Crippen LogP contribution in [0.5, 0.6) is 0 Å². The SMILES string of the molecule is OC[C@H]1c2ccccc2CC[C@@H]1c1ccccc1. The minimum absolute atomic E-state index is 0.233. The van der Waals surface area contributed by atoms with Crippen LogP contribution < -0.4 is 0 Å². The topological polar surface area (TPSA) is 20.2 Å².